The number of halogens is 5. The van der Waals surface area contributed by atoms with Gasteiger partial charge in [-0.2, -0.15) is 22.0 Å². The molecule has 1 saturated carbocycles. The Morgan fingerprint density at radius 2 is 1.66 bits per heavy atom. The van der Waals surface area contributed by atoms with Gasteiger partial charge in [0.2, 0.25) is 0 Å². The summed E-state index contributed by atoms with van der Waals surface area (Å²) in [6.45, 7) is 3.52. The first-order valence-corrected chi connectivity index (χ1v) is 9.02. The van der Waals surface area contributed by atoms with E-state index in [2.05, 4.69) is 0 Å². The van der Waals surface area contributed by atoms with E-state index >= 15 is 0 Å². The summed E-state index contributed by atoms with van der Waals surface area (Å²) in [5.74, 6) is -4.56. The molecule has 0 unspecified atom stereocenters. The fourth-order valence-corrected chi connectivity index (χ4v) is 3.24. The smallest absolute Gasteiger partial charge is 0.454 e. The van der Waals surface area contributed by atoms with Crippen molar-refractivity contribution in [1.29, 1.82) is 0 Å². The Hall–Kier alpha value is -2.64. The number of rotatable bonds is 6. The Labute approximate surface area is 164 Å². The minimum Gasteiger partial charge on any atom is -0.462 e. The summed E-state index contributed by atoms with van der Waals surface area (Å²) in [4.78, 5) is 11.7. The highest BCUT2D eigenvalue weighted by atomic mass is 19.4. The molecule has 0 aliphatic heterocycles. The van der Waals surface area contributed by atoms with Gasteiger partial charge in [-0.15, -0.1) is 0 Å². The topological polar surface area (TPSA) is 35.5 Å². The third kappa shape index (κ3) is 3.80. The number of carbonyl (C=O) groups excluding carboxylic acids is 1. The largest absolute Gasteiger partial charge is 0.462 e. The van der Waals surface area contributed by atoms with Crippen LogP contribution in [0.3, 0.4) is 0 Å². The minimum atomic E-state index is -5.60. The van der Waals surface area contributed by atoms with Crippen molar-refractivity contribution in [3.8, 4) is 11.5 Å². The van der Waals surface area contributed by atoms with Crippen LogP contribution >= 0.6 is 0 Å². The molecule has 0 heterocycles. The lowest BCUT2D eigenvalue weighted by Crippen LogP contribution is -2.47. The van der Waals surface area contributed by atoms with Crippen molar-refractivity contribution >= 4 is 5.97 Å². The Morgan fingerprint density at radius 3 is 2.14 bits per heavy atom. The molecule has 0 atom stereocenters. The van der Waals surface area contributed by atoms with Gasteiger partial charge < -0.3 is 9.47 Å². The van der Waals surface area contributed by atoms with Gasteiger partial charge in [-0.1, -0.05) is 12.1 Å². The van der Waals surface area contributed by atoms with Crippen LogP contribution in [0.5, 0.6) is 11.5 Å². The first-order valence-electron chi connectivity index (χ1n) is 9.02. The van der Waals surface area contributed by atoms with E-state index in [9.17, 15) is 26.7 Å². The standard InChI is InChI=1S/C21H19F5O3/c1-3-28-18(27)14-4-7-16(8-5-14)29-17-9-6-15(12-13(17)2)19(10-11-19)20(22,23)21(24,25)26/h4-9,12H,3,10-11H2,1-2H3. The summed E-state index contributed by atoms with van der Waals surface area (Å²) in [5, 5.41) is 0. The Kier molecular flexibility index (Phi) is 5.32. The van der Waals surface area contributed by atoms with Crippen LogP contribution in [0.15, 0.2) is 42.5 Å². The maximum Gasteiger partial charge on any atom is 0.454 e. The van der Waals surface area contributed by atoms with E-state index in [4.69, 9.17) is 9.47 Å². The van der Waals surface area contributed by atoms with Crippen molar-refractivity contribution < 1.29 is 36.2 Å². The number of aryl methyl sites for hydroxylation is 1. The fourth-order valence-electron chi connectivity index (χ4n) is 3.24. The summed E-state index contributed by atoms with van der Waals surface area (Å²) >= 11 is 0. The second-order valence-corrected chi connectivity index (χ2v) is 6.98. The lowest BCUT2D eigenvalue weighted by atomic mass is 9.87. The van der Waals surface area contributed by atoms with Gasteiger partial charge in [-0.25, -0.2) is 4.79 Å². The summed E-state index contributed by atoms with van der Waals surface area (Å²) < 4.78 is 77.1. The van der Waals surface area contributed by atoms with Crippen molar-refractivity contribution in [2.75, 3.05) is 6.61 Å². The van der Waals surface area contributed by atoms with Gasteiger partial charge in [0.25, 0.3) is 0 Å². The second kappa shape index (κ2) is 7.31. The predicted octanol–water partition coefficient (Wildman–Crippen LogP) is 6.19. The maximum atomic E-state index is 14.0. The van der Waals surface area contributed by atoms with Gasteiger partial charge in [-0.3, -0.25) is 0 Å². The number of hydrogen-bond donors (Lipinski definition) is 0. The molecule has 0 bridgehead atoms. The Morgan fingerprint density at radius 1 is 1.03 bits per heavy atom. The fraction of sp³-hybridized carbons (Fsp3) is 0.381. The van der Waals surface area contributed by atoms with E-state index in [0.717, 1.165) is 0 Å². The van der Waals surface area contributed by atoms with Gasteiger partial charge in [0.1, 0.15) is 11.5 Å². The third-order valence-electron chi connectivity index (χ3n) is 5.03. The average molecular weight is 414 g/mol. The molecule has 1 fully saturated rings. The number of ether oxygens (including phenoxy) is 2. The van der Waals surface area contributed by atoms with Crippen LogP contribution in [0.1, 0.15) is 41.3 Å². The molecule has 3 rings (SSSR count). The summed E-state index contributed by atoms with van der Waals surface area (Å²) in [7, 11) is 0. The first-order chi connectivity index (χ1) is 13.5. The second-order valence-electron chi connectivity index (χ2n) is 6.98. The van der Waals surface area contributed by atoms with E-state index in [1.807, 2.05) is 0 Å². The molecule has 8 heteroatoms. The lowest BCUT2D eigenvalue weighted by molar-refractivity contribution is -0.296. The molecule has 2 aromatic carbocycles. The number of alkyl halides is 5. The molecule has 0 radical (unpaired) electrons. The summed E-state index contributed by atoms with van der Waals surface area (Å²) in [5.41, 5.74) is -1.49. The molecular formula is C21H19F5O3. The number of benzene rings is 2. The minimum absolute atomic E-state index is 0.0534. The molecule has 0 aromatic heterocycles. The zero-order chi connectivity index (χ0) is 21.4. The quantitative estimate of drug-likeness (QED) is 0.417. The molecule has 1 aliphatic carbocycles. The SMILES string of the molecule is CCOC(=O)c1ccc(Oc2ccc(C3(C(F)(F)C(F)(F)F)CC3)cc2C)cc1. The number of hydrogen-bond acceptors (Lipinski definition) is 3. The normalized spacial score (nSPS) is 15.7. The van der Waals surface area contributed by atoms with Crippen molar-refractivity contribution in [1.82, 2.24) is 0 Å². The number of esters is 1. The lowest BCUT2D eigenvalue weighted by Gasteiger charge is -2.29. The summed E-state index contributed by atoms with van der Waals surface area (Å²) in [6, 6.07) is 10.1. The first kappa shape index (κ1) is 21.1. The molecule has 29 heavy (non-hydrogen) atoms. The van der Waals surface area contributed by atoms with Gasteiger partial charge in [0, 0.05) is 0 Å². The van der Waals surface area contributed by atoms with E-state index in [1.54, 1.807) is 26.0 Å². The Bertz CT molecular complexity index is 900. The highest BCUT2D eigenvalue weighted by molar-refractivity contribution is 5.89. The molecule has 1 aliphatic rings. The molecular weight excluding hydrogens is 395 g/mol. The Balaban J connectivity index is 1.80. The van der Waals surface area contributed by atoms with Crippen LogP contribution in [0.4, 0.5) is 22.0 Å². The summed E-state index contributed by atoms with van der Waals surface area (Å²) in [6.07, 6.45) is -6.06. The number of carbonyl (C=O) groups is 1. The van der Waals surface area contributed by atoms with Crippen LogP contribution in [0, 0.1) is 6.92 Å². The van der Waals surface area contributed by atoms with Crippen molar-refractivity contribution in [2.24, 2.45) is 0 Å². The van der Waals surface area contributed by atoms with Crippen molar-refractivity contribution in [2.45, 2.75) is 44.2 Å². The van der Waals surface area contributed by atoms with Crippen LogP contribution < -0.4 is 4.74 Å². The van der Waals surface area contributed by atoms with E-state index in [1.165, 1.54) is 30.3 Å². The third-order valence-corrected chi connectivity index (χ3v) is 5.03. The van der Waals surface area contributed by atoms with E-state index in [0.29, 0.717) is 22.6 Å². The molecule has 0 N–H and O–H groups in total. The van der Waals surface area contributed by atoms with Crippen LogP contribution in [0.2, 0.25) is 0 Å². The molecule has 2 aromatic rings. The highest BCUT2D eigenvalue weighted by Crippen LogP contribution is 2.63. The average Bonchev–Trinajstić information content (AvgIpc) is 3.45. The maximum absolute atomic E-state index is 14.0. The molecule has 3 nitrogen and oxygen atoms in total. The molecule has 0 amide bonds. The molecule has 0 saturated heterocycles. The van der Waals surface area contributed by atoms with Crippen LogP contribution in [-0.2, 0) is 10.2 Å². The van der Waals surface area contributed by atoms with Gasteiger partial charge in [0.15, 0.2) is 0 Å². The van der Waals surface area contributed by atoms with Crippen LogP contribution in [0.25, 0.3) is 0 Å². The van der Waals surface area contributed by atoms with Crippen molar-refractivity contribution in [3.05, 3.63) is 59.2 Å². The van der Waals surface area contributed by atoms with Gasteiger partial charge in [-0.05, 0) is 68.1 Å². The molecule has 156 valence electrons. The zero-order valence-corrected chi connectivity index (χ0v) is 15.8. The highest BCUT2D eigenvalue weighted by Gasteiger charge is 2.75. The monoisotopic (exact) mass is 414 g/mol. The van der Waals surface area contributed by atoms with E-state index in [-0.39, 0.29) is 25.0 Å². The molecule has 0 spiro atoms. The van der Waals surface area contributed by atoms with Crippen LogP contribution in [-0.4, -0.2) is 24.7 Å². The van der Waals surface area contributed by atoms with Crippen molar-refractivity contribution in [3.63, 3.8) is 0 Å². The van der Waals surface area contributed by atoms with Gasteiger partial charge in [0.05, 0.1) is 17.6 Å². The van der Waals surface area contributed by atoms with Gasteiger partial charge >= 0.3 is 18.1 Å². The predicted molar refractivity (Wildman–Crippen MR) is 95.6 cm³/mol. The zero-order valence-electron chi connectivity index (χ0n) is 15.8. The van der Waals surface area contributed by atoms with E-state index < -0.39 is 23.5 Å².